The predicted octanol–water partition coefficient (Wildman–Crippen LogP) is 1.83. The maximum atomic E-state index is 10.1. The van der Waals surface area contributed by atoms with Crippen molar-refractivity contribution in [3.63, 3.8) is 0 Å². The summed E-state index contributed by atoms with van der Waals surface area (Å²) in [5, 5.41) is 8.31. The fraction of sp³-hybridized carbons (Fsp3) is 0.778. The van der Waals surface area contributed by atoms with Crippen molar-refractivity contribution in [2.45, 2.75) is 33.2 Å². The SMILES string of the molecule is CC(C)CC(N)C(=O)O.CCOC(=O)Cl. The van der Waals surface area contributed by atoms with Gasteiger partial charge in [-0.1, -0.05) is 13.8 Å². The van der Waals surface area contributed by atoms with Crippen molar-refractivity contribution in [2.24, 2.45) is 11.7 Å². The van der Waals surface area contributed by atoms with Crippen LogP contribution >= 0.6 is 11.6 Å². The number of carbonyl (C=O) groups excluding carboxylic acids is 1. The Kier molecular flexibility index (Phi) is 10.8. The van der Waals surface area contributed by atoms with Crippen LogP contribution in [0.2, 0.25) is 0 Å². The van der Waals surface area contributed by atoms with Crippen LogP contribution in [-0.4, -0.2) is 29.2 Å². The fourth-order valence-electron chi connectivity index (χ4n) is 0.722. The van der Waals surface area contributed by atoms with Gasteiger partial charge in [-0.3, -0.25) is 4.79 Å². The van der Waals surface area contributed by atoms with Gasteiger partial charge in [-0.2, -0.15) is 0 Å². The minimum Gasteiger partial charge on any atom is -0.480 e. The van der Waals surface area contributed by atoms with Crippen LogP contribution in [0.1, 0.15) is 27.2 Å². The largest absolute Gasteiger partial charge is 0.480 e. The van der Waals surface area contributed by atoms with E-state index in [0.29, 0.717) is 18.9 Å². The van der Waals surface area contributed by atoms with Crippen molar-refractivity contribution in [2.75, 3.05) is 6.61 Å². The van der Waals surface area contributed by atoms with Crippen LogP contribution in [0.15, 0.2) is 0 Å². The molecule has 0 bridgehead atoms. The fourth-order valence-corrected chi connectivity index (χ4v) is 0.831. The number of rotatable bonds is 4. The van der Waals surface area contributed by atoms with Gasteiger partial charge in [-0.15, -0.1) is 0 Å². The third-order valence-corrected chi connectivity index (χ3v) is 1.41. The number of hydrogen-bond donors (Lipinski definition) is 2. The molecule has 90 valence electrons. The molecule has 0 spiro atoms. The van der Waals surface area contributed by atoms with Gasteiger partial charge in [0.2, 0.25) is 0 Å². The zero-order chi connectivity index (χ0) is 12.4. The van der Waals surface area contributed by atoms with Crippen LogP contribution in [0.4, 0.5) is 4.79 Å². The van der Waals surface area contributed by atoms with Crippen LogP contribution in [0, 0.1) is 5.92 Å². The molecule has 0 amide bonds. The summed E-state index contributed by atoms with van der Waals surface area (Å²) in [5.41, 5.74) is 4.48. The third-order valence-electron chi connectivity index (χ3n) is 1.30. The van der Waals surface area contributed by atoms with Crippen LogP contribution < -0.4 is 5.73 Å². The number of nitrogens with two attached hydrogens (primary N) is 1. The average molecular weight is 240 g/mol. The lowest BCUT2D eigenvalue weighted by atomic mass is 10.1. The minimum atomic E-state index is -0.913. The van der Waals surface area contributed by atoms with Gasteiger partial charge in [0.25, 0.3) is 0 Å². The molecule has 15 heavy (non-hydrogen) atoms. The first-order valence-corrected chi connectivity index (χ1v) is 4.99. The minimum absolute atomic E-state index is 0.350. The number of aliphatic carboxylic acids is 1. The van der Waals surface area contributed by atoms with E-state index in [2.05, 4.69) is 4.74 Å². The molecule has 0 saturated carbocycles. The Morgan fingerprint density at radius 3 is 2.00 bits per heavy atom. The Bertz CT molecular complexity index is 197. The number of carbonyl (C=O) groups is 2. The van der Waals surface area contributed by atoms with Crippen LogP contribution in [-0.2, 0) is 9.53 Å². The molecule has 0 fully saturated rings. The van der Waals surface area contributed by atoms with Crippen molar-refractivity contribution in [3.8, 4) is 0 Å². The van der Waals surface area contributed by atoms with Crippen molar-refractivity contribution in [3.05, 3.63) is 0 Å². The molecule has 1 unspecified atom stereocenters. The first-order valence-electron chi connectivity index (χ1n) is 4.61. The summed E-state index contributed by atoms with van der Waals surface area (Å²) in [6, 6.07) is -0.690. The molecule has 5 nitrogen and oxygen atoms in total. The molecular formula is C9H18ClNO4. The molecule has 0 aromatic rings. The van der Waals surface area contributed by atoms with Gasteiger partial charge in [0.1, 0.15) is 6.04 Å². The highest BCUT2D eigenvalue weighted by Crippen LogP contribution is 2.01. The maximum Gasteiger partial charge on any atom is 0.403 e. The molecular weight excluding hydrogens is 222 g/mol. The third kappa shape index (κ3) is 15.9. The van der Waals surface area contributed by atoms with Crippen molar-refractivity contribution in [1.82, 2.24) is 0 Å². The Hall–Kier alpha value is -0.810. The Morgan fingerprint density at radius 2 is 1.93 bits per heavy atom. The lowest BCUT2D eigenvalue weighted by Crippen LogP contribution is -2.31. The second kappa shape index (κ2) is 9.73. The van der Waals surface area contributed by atoms with Gasteiger partial charge in [-0.05, 0) is 19.3 Å². The van der Waals surface area contributed by atoms with Crippen LogP contribution in [0.25, 0.3) is 0 Å². The standard InChI is InChI=1S/C6H13NO2.C3H5ClO2/c1-4(2)3-5(7)6(8)9;1-2-6-3(4)5/h4-5H,3,7H2,1-2H3,(H,8,9);2H2,1H3. The monoisotopic (exact) mass is 239 g/mol. The van der Waals surface area contributed by atoms with E-state index in [0.717, 1.165) is 0 Å². The highest BCUT2D eigenvalue weighted by molar-refractivity contribution is 6.61. The molecule has 0 aliphatic rings. The van der Waals surface area contributed by atoms with E-state index in [-0.39, 0.29) is 0 Å². The van der Waals surface area contributed by atoms with Crippen molar-refractivity contribution < 1.29 is 19.4 Å². The quantitative estimate of drug-likeness (QED) is 0.731. The number of hydrogen-bond acceptors (Lipinski definition) is 4. The van der Waals surface area contributed by atoms with Gasteiger partial charge in [0.15, 0.2) is 0 Å². The molecule has 0 heterocycles. The number of carboxylic acid groups (broad SMARTS) is 1. The van der Waals surface area contributed by atoms with Gasteiger partial charge in [0, 0.05) is 11.6 Å². The number of halogens is 1. The average Bonchev–Trinajstić information content (AvgIpc) is 2.03. The van der Waals surface area contributed by atoms with Crippen LogP contribution in [0.3, 0.4) is 0 Å². The summed E-state index contributed by atoms with van der Waals surface area (Å²) in [7, 11) is 0. The summed E-state index contributed by atoms with van der Waals surface area (Å²) < 4.78 is 4.17. The molecule has 0 aliphatic heterocycles. The molecule has 0 aliphatic carbocycles. The van der Waals surface area contributed by atoms with E-state index in [1.54, 1.807) is 6.92 Å². The van der Waals surface area contributed by atoms with E-state index >= 15 is 0 Å². The smallest absolute Gasteiger partial charge is 0.403 e. The van der Waals surface area contributed by atoms with Gasteiger partial charge in [-0.25, -0.2) is 4.79 Å². The summed E-state index contributed by atoms with van der Waals surface area (Å²) in [6.07, 6.45) is 0.551. The molecule has 0 aromatic heterocycles. The Balaban J connectivity index is 0. The lowest BCUT2D eigenvalue weighted by Gasteiger charge is -2.07. The normalized spacial score (nSPS) is 11.3. The summed E-state index contributed by atoms with van der Waals surface area (Å²) in [4.78, 5) is 19.7. The molecule has 3 N–H and O–H groups in total. The Morgan fingerprint density at radius 1 is 1.47 bits per heavy atom. The molecule has 0 radical (unpaired) electrons. The van der Waals surface area contributed by atoms with E-state index < -0.39 is 17.4 Å². The molecule has 0 saturated heterocycles. The molecule has 0 rings (SSSR count). The Labute approximate surface area is 94.5 Å². The summed E-state index contributed by atoms with van der Waals surface area (Å²) in [5.74, 6) is -0.556. The lowest BCUT2D eigenvalue weighted by molar-refractivity contribution is -0.138. The highest BCUT2D eigenvalue weighted by atomic mass is 35.5. The highest BCUT2D eigenvalue weighted by Gasteiger charge is 2.11. The van der Waals surface area contributed by atoms with Gasteiger partial charge >= 0.3 is 11.4 Å². The summed E-state index contributed by atoms with van der Waals surface area (Å²) in [6.45, 7) is 5.94. The molecule has 6 heteroatoms. The predicted molar refractivity (Wildman–Crippen MR) is 57.9 cm³/mol. The van der Waals surface area contributed by atoms with Crippen molar-refractivity contribution in [1.29, 1.82) is 0 Å². The first-order chi connectivity index (χ1) is 6.81. The van der Waals surface area contributed by atoms with E-state index in [4.69, 9.17) is 22.4 Å². The zero-order valence-electron chi connectivity index (χ0n) is 9.20. The number of carboxylic acids is 1. The van der Waals surface area contributed by atoms with E-state index in [1.807, 2.05) is 13.8 Å². The van der Waals surface area contributed by atoms with E-state index in [9.17, 15) is 9.59 Å². The molecule has 1 atom stereocenters. The number of ether oxygens (including phenoxy) is 1. The maximum absolute atomic E-state index is 10.1. The van der Waals surface area contributed by atoms with Gasteiger partial charge < -0.3 is 15.6 Å². The zero-order valence-corrected chi connectivity index (χ0v) is 9.95. The second-order valence-corrected chi connectivity index (χ2v) is 3.55. The van der Waals surface area contributed by atoms with Gasteiger partial charge in [0.05, 0.1) is 6.61 Å². The topological polar surface area (TPSA) is 89.6 Å². The second-order valence-electron chi connectivity index (χ2n) is 3.24. The first kappa shape index (κ1) is 16.6. The van der Waals surface area contributed by atoms with E-state index in [1.165, 1.54) is 0 Å². The summed E-state index contributed by atoms with van der Waals surface area (Å²) >= 11 is 4.72. The van der Waals surface area contributed by atoms with Crippen LogP contribution in [0.5, 0.6) is 0 Å². The molecule has 0 aromatic carbocycles. The van der Waals surface area contributed by atoms with Crippen molar-refractivity contribution >= 4 is 23.0 Å².